The van der Waals surface area contributed by atoms with Crippen LogP contribution < -0.4 is 4.74 Å². The summed E-state index contributed by atoms with van der Waals surface area (Å²) in [6, 6.07) is 15.0. The molecule has 2 aromatic carbocycles. The van der Waals surface area contributed by atoms with Crippen LogP contribution in [0.5, 0.6) is 5.75 Å². The summed E-state index contributed by atoms with van der Waals surface area (Å²) in [6.07, 6.45) is 4.62. The number of hydrogen-bond donors (Lipinski definition) is 0. The summed E-state index contributed by atoms with van der Waals surface area (Å²) < 4.78 is 5.93. The number of rotatable bonds is 8. The Morgan fingerprint density at radius 1 is 1.07 bits per heavy atom. The van der Waals surface area contributed by atoms with E-state index >= 15 is 0 Å². The van der Waals surface area contributed by atoms with Crippen LogP contribution in [0.25, 0.3) is 6.08 Å². The molecule has 0 atom stereocenters. The van der Waals surface area contributed by atoms with Gasteiger partial charge in [-0.15, -0.1) is 0 Å². The van der Waals surface area contributed by atoms with Gasteiger partial charge in [-0.05, 0) is 48.0 Å². The monoisotopic (exact) mass is 415 g/mol. The average molecular weight is 416 g/mol. The molecule has 146 valence electrons. The molecular formula is C22H22ClNO3S. The molecule has 28 heavy (non-hydrogen) atoms. The maximum atomic E-state index is 12.6. The highest BCUT2D eigenvalue weighted by molar-refractivity contribution is 8.18. The minimum absolute atomic E-state index is 0.202. The van der Waals surface area contributed by atoms with Crippen LogP contribution in [-0.2, 0) is 11.4 Å². The lowest BCUT2D eigenvalue weighted by atomic mass is 10.1. The second-order valence-corrected chi connectivity index (χ2v) is 7.92. The molecule has 1 heterocycles. The van der Waals surface area contributed by atoms with Crippen LogP contribution in [0, 0.1) is 0 Å². The minimum atomic E-state index is -0.224. The highest BCUT2D eigenvalue weighted by atomic mass is 35.5. The molecule has 0 bridgehead atoms. The summed E-state index contributed by atoms with van der Waals surface area (Å²) >= 11 is 6.90. The first-order valence-corrected chi connectivity index (χ1v) is 10.5. The Labute approximate surface area is 174 Å². The summed E-state index contributed by atoms with van der Waals surface area (Å²) in [5.74, 6) is 0.439. The second-order valence-electron chi connectivity index (χ2n) is 6.49. The second kappa shape index (κ2) is 9.80. The Balaban J connectivity index is 1.72. The number of thioether (sulfide) groups is 1. The van der Waals surface area contributed by atoms with Crippen LogP contribution in [0.1, 0.15) is 37.3 Å². The summed E-state index contributed by atoms with van der Waals surface area (Å²) in [5, 5.41) is 0.478. The lowest BCUT2D eigenvalue weighted by Crippen LogP contribution is -2.29. The zero-order valence-electron chi connectivity index (χ0n) is 15.7. The molecular weight excluding hydrogens is 394 g/mol. The third-order valence-electron chi connectivity index (χ3n) is 4.37. The van der Waals surface area contributed by atoms with Crippen molar-refractivity contribution in [2.24, 2.45) is 0 Å². The van der Waals surface area contributed by atoms with Crippen LogP contribution >= 0.6 is 23.4 Å². The van der Waals surface area contributed by atoms with Gasteiger partial charge >= 0.3 is 0 Å². The van der Waals surface area contributed by atoms with Gasteiger partial charge in [0.1, 0.15) is 12.4 Å². The fourth-order valence-electron chi connectivity index (χ4n) is 2.83. The quantitative estimate of drug-likeness (QED) is 0.383. The van der Waals surface area contributed by atoms with Gasteiger partial charge in [0.05, 0.1) is 4.91 Å². The molecule has 0 saturated carbocycles. The fraction of sp³-hybridized carbons (Fsp3) is 0.273. The fourth-order valence-corrected chi connectivity index (χ4v) is 3.81. The highest BCUT2D eigenvalue weighted by Crippen LogP contribution is 2.34. The number of nitrogens with zero attached hydrogens (tertiary/aromatic N) is 1. The molecule has 4 nitrogen and oxygen atoms in total. The van der Waals surface area contributed by atoms with Crippen molar-refractivity contribution in [2.75, 3.05) is 6.54 Å². The first-order chi connectivity index (χ1) is 13.6. The summed E-state index contributed by atoms with van der Waals surface area (Å²) in [5.41, 5.74) is 1.77. The number of benzene rings is 2. The summed E-state index contributed by atoms with van der Waals surface area (Å²) in [6.45, 7) is 2.96. The molecule has 6 heteroatoms. The number of carbonyl (C=O) groups excluding carboxylic acids is 2. The van der Waals surface area contributed by atoms with Crippen molar-refractivity contribution in [2.45, 2.75) is 32.8 Å². The lowest BCUT2D eigenvalue weighted by molar-refractivity contribution is -0.122. The normalized spacial score (nSPS) is 15.5. The van der Waals surface area contributed by atoms with E-state index in [-0.39, 0.29) is 11.1 Å². The molecule has 2 amide bonds. The van der Waals surface area contributed by atoms with E-state index in [1.807, 2.05) is 48.5 Å². The van der Waals surface area contributed by atoms with Crippen molar-refractivity contribution in [3.63, 3.8) is 0 Å². The predicted molar refractivity (Wildman–Crippen MR) is 114 cm³/mol. The first kappa shape index (κ1) is 20.5. The molecule has 1 saturated heterocycles. The molecule has 0 unspecified atom stereocenters. The van der Waals surface area contributed by atoms with Crippen molar-refractivity contribution in [1.82, 2.24) is 4.90 Å². The Bertz CT molecular complexity index is 880. The first-order valence-electron chi connectivity index (χ1n) is 9.30. The Kier molecular flexibility index (Phi) is 7.18. The molecule has 1 aliphatic heterocycles. The van der Waals surface area contributed by atoms with Gasteiger partial charge in [-0.2, -0.15) is 0 Å². The van der Waals surface area contributed by atoms with Crippen LogP contribution in [0.2, 0.25) is 5.02 Å². The smallest absolute Gasteiger partial charge is 0.293 e. The van der Waals surface area contributed by atoms with Crippen molar-refractivity contribution < 1.29 is 14.3 Å². The number of imide groups is 1. The SMILES string of the molecule is CCCCCN1C(=O)S/C(=C\c2ccccc2OCc2ccc(Cl)cc2)C1=O. The van der Waals surface area contributed by atoms with Crippen molar-refractivity contribution in [1.29, 1.82) is 0 Å². The number of ether oxygens (including phenoxy) is 1. The van der Waals surface area contributed by atoms with Crippen LogP contribution in [-0.4, -0.2) is 22.6 Å². The predicted octanol–water partition coefficient (Wildman–Crippen LogP) is 6.15. The van der Waals surface area contributed by atoms with E-state index in [0.717, 1.165) is 42.2 Å². The zero-order valence-corrected chi connectivity index (χ0v) is 17.3. The van der Waals surface area contributed by atoms with Gasteiger partial charge in [0, 0.05) is 17.1 Å². The molecule has 3 rings (SSSR count). The molecule has 0 radical (unpaired) electrons. The van der Waals surface area contributed by atoms with E-state index in [2.05, 4.69) is 6.92 Å². The largest absolute Gasteiger partial charge is 0.488 e. The van der Waals surface area contributed by atoms with Crippen molar-refractivity contribution >= 4 is 40.6 Å². The standard InChI is InChI=1S/C22H22ClNO3S/c1-2-3-6-13-24-21(25)20(28-22(24)26)14-17-7-4-5-8-19(17)27-15-16-9-11-18(23)12-10-16/h4-5,7-12,14H,2-3,6,13,15H2,1H3/b20-14-. The van der Waals surface area contributed by atoms with Crippen molar-refractivity contribution in [3.8, 4) is 5.75 Å². The maximum absolute atomic E-state index is 12.6. The van der Waals surface area contributed by atoms with Gasteiger partial charge in [-0.1, -0.05) is 61.7 Å². The van der Waals surface area contributed by atoms with Gasteiger partial charge in [0.25, 0.3) is 11.1 Å². The van der Waals surface area contributed by atoms with Crippen molar-refractivity contribution in [3.05, 3.63) is 69.6 Å². The maximum Gasteiger partial charge on any atom is 0.293 e. The minimum Gasteiger partial charge on any atom is -0.488 e. The van der Waals surface area contributed by atoms with Crippen LogP contribution in [0.15, 0.2) is 53.4 Å². The third-order valence-corrected chi connectivity index (χ3v) is 5.53. The van der Waals surface area contributed by atoms with Gasteiger partial charge in [-0.3, -0.25) is 14.5 Å². The number of hydrogen-bond acceptors (Lipinski definition) is 4. The van der Waals surface area contributed by atoms with Gasteiger partial charge in [-0.25, -0.2) is 0 Å². The van der Waals surface area contributed by atoms with E-state index in [1.54, 1.807) is 6.08 Å². The van der Waals surface area contributed by atoms with Crippen LogP contribution in [0.3, 0.4) is 0 Å². The number of halogens is 1. The van der Waals surface area contributed by atoms with Gasteiger partial charge in [0.2, 0.25) is 0 Å². The van der Waals surface area contributed by atoms with E-state index in [1.165, 1.54) is 4.90 Å². The van der Waals surface area contributed by atoms with E-state index < -0.39 is 0 Å². The highest BCUT2D eigenvalue weighted by Gasteiger charge is 2.34. The Morgan fingerprint density at radius 2 is 1.82 bits per heavy atom. The molecule has 2 aromatic rings. The summed E-state index contributed by atoms with van der Waals surface area (Å²) in [7, 11) is 0. The topological polar surface area (TPSA) is 46.6 Å². The molecule has 0 aromatic heterocycles. The van der Waals surface area contributed by atoms with Gasteiger partial charge in [0.15, 0.2) is 0 Å². The number of unbranched alkanes of at least 4 members (excludes halogenated alkanes) is 2. The summed E-state index contributed by atoms with van der Waals surface area (Å²) in [4.78, 5) is 26.6. The Hall–Kier alpha value is -2.24. The zero-order chi connectivity index (χ0) is 19.9. The molecule has 0 aliphatic carbocycles. The third kappa shape index (κ3) is 5.18. The lowest BCUT2D eigenvalue weighted by Gasteiger charge is -2.11. The van der Waals surface area contributed by atoms with Crippen LogP contribution in [0.4, 0.5) is 4.79 Å². The number of amides is 2. The Morgan fingerprint density at radius 3 is 2.57 bits per heavy atom. The van der Waals surface area contributed by atoms with Gasteiger partial charge < -0.3 is 4.74 Å². The van der Waals surface area contributed by atoms with E-state index in [9.17, 15) is 9.59 Å². The average Bonchev–Trinajstić information content (AvgIpc) is 2.96. The number of para-hydroxylation sites is 1. The molecule has 0 N–H and O–H groups in total. The molecule has 1 fully saturated rings. The molecule has 0 spiro atoms. The number of carbonyl (C=O) groups is 2. The molecule has 1 aliphatic rings. The van der Waals surface area contributed by atoms with E-state index in [4.69, 9.17) is 16.3 Å². The van der Waals surface area contributed by atoms with E-state index in [0.29, 0.717) is 28.8 Å².